The van der Waals surface area contributed by atoms with Crippen LogP contribution in [0.1, 0.15) is 5.56 Å². The van der Waals surface area contributed by atoms with Crippen molar-refractivity contribution in [1.29, 1.82) is 0 Å². The number of phosphoric acid groups is 1. The number of phenolic OH excluding ortho intramolecular Hbond substituents is 1. The van der Waals surface area contributed by atoms with E-state index in [0.29, 0.717) is 5.75 Å². The van der Waals surface area contributed by atoms with E-state index in [1.165, 1.54) is 5.56 Å². The number of aromatic hydroxyl groups is 1. The Kier molecular flexibility index (Phi) is 4.66. The minimum Gasteiger partial charge on any atom is -0.508 e. The van der Waals surface area contributed by atoms with Gasteiger partial charge in [-0.25, -0.2) is 4.57 Å². The molecule has 0 amide bonds. The van der Waals surface area contributed by atoms with Gasteiger partial charge in [-0.15, -0.1) is 0 Å². The number of phenols is 1. The third-order valence-corrected chi connectivity index (χ3v) is 1.03. The first-order chi connectivity index (χ1) is 5.79. The van der Waals surface area contributed by atoms with Crippen molar-refractivity contribution in [3.05, 3.63) is 29.8 Å². The molecule has 74 valence electrons. The Hall–Kier alpha value is -0.870. The second-order valence-corrected chi connectivity index (χ2v) is 3.38. The molecule has 0 aliphatic heterocycles. The van der Waals surface area contributed by atoms with Crippen molar-refractivity contribution < 1.29 is 24.4 Å². The number of benzene rings is 1. The highest BCUT2D eigenvalue weighted by Gasteiger charge is 2.00. The zero-order valence-corrected chi connectivity index (χ0v) is 7.85. The van der Waals surface area contributed by atoms with Gasteiger partial charge in [-0.05, 0) is 19.1 Å². The summed E-state index contributed by atoms with van der Waals surface area (Å²) in [6, 6.07) is 7.09. The van der Waals surface area contributed by atoms with E-state index in [-0.39, 0.29) is 0 Å². The lowest BCUT2D eigenvalue weighted by atomic mass is 10.2. The van der Waals surface area contributed by atoms with Gasteiger partial charge in [0.15, 0.2) is 0 Å². The molecule has 0 unspecified atom stereocenters. The molecule has 5 nitrogen and oxygen atoms in total. The summed E-state index contributed by atoms with van der Waals surface area (Å²) in [4.78, 5) is 21.6. The monoisotopic (exact) mass is 206 g/mol. The summed E-state index contributed by atoms with van der Waals surface area (Å²) < 4.78 is 8.88. The van der Waals surface area contributed by atoms with Crippen LogP contribution in [-0.4, -0.2) is 19.8 Å². The minimum absolute atomic E-state index is 0.329. The van der Waals surface area contributed by atoms with Gasteiger partial charge in [0.05, 0.1) is 0 Å². The summed E-state index contributed by atoms with van der Waals surface area (Å²) in [6.07, 6.45) is 0. The predicted octanol–water partition coefficient (Wildman–Crippen LogP) is 0.772. The molecule has 0 heterocycles. The van der Waals surface area contributed by atoms with Gasteiger partial charge in [-0.3, -0.25) is 0 Å². The smallest absolute Gasteiger partial charge is 0.466 e. The molecular formula is C7H11O5P. The first kappa shape index (κ1) is 12.1. The van der Waals surface area contributed by atoms with Gasteiger partial charge in [-0.2, -0.15) is 0 Å². The maximum absolute atomic E-state index is 8.88. The van der Waals surface area contributed by atoms with Crippen molar-refractivity contribution in [2.45, 2.75) is 6.92 Å². The fraction of sp³-hybridized carbons (Fsp3) is 0.143. The predicted molar refractivity (Wildman–Crippen MR) is 47.1 cm³/mol. The van der Waals surface area contributed by atoms with Crippen molar-refractivity contribution in [1.82, 2.24) is 0 Å². The van der Waals surface area contributed by atoms with Crippen LogP contribution in [-0.2, 0) is 4.57 Å². The third kappa shape index (κ3) is 11.1. The third-order valence-electron chi connectivity index (χ3n) is 1.03. The molecule has 0 atom stereocenters. The van der Waals surface area contributed by atoms with Crippen molar-refractivity contribution >= 4 is 7.82 Å². The van der Waals surface area contributed by atoms with E-state index in [1.54, 1.807) is 12.1 Å². The van der Waals surface area contributed by atoms with Crippen LogP contribution in [0.5, 0.6) is 5.75 Å². The zero-order chi connectivity index (χ0) is 10.5. The highest BCUT2D eigenvalue weighted by atomic mass is 31.2. The summed E-state index contributed by atoms with van der Waals surface area (Å²) in [5, 5.41) is 8.76. The van der Waals surface area contributed by atoms with Gasteiger partial charge in [0.1, 0.15) is 5.75 Å². The van der Waals surface area contributed by atoms with Crippen molar-refractivity contribution in [3.8, 4) is 5.75 Å². The van der Waals surface area contributed by atoms with Crippen LogP contribution in [0.3, 0.4) is 0 Å². The lowest BCUT2D eigenvalue weighted by Gasteiger charge is -1.89. The van der Waals surface area contributed by atoms with E-state index in [0.717, 1.165) is 0 Å². The quantitative estimate of drug-likeness (QED) is 0.470. The molecule has 6 heteroatoms. The molecule has 0 saturated carbocycles. The Labute approximate surface area is 75.5 Å². The Balaban J connectivity index is 0.000000252. The summed E-state index contributed by atoms with van der Waals surface area (Å²) in [5.41, 5.74) is 1.17. The summed E-state index contributed by atoms with van der Waals surface area (Å²) in [5.74, 6) is 0.329. The van der Waals surface area contributed by atoms with Crippen LogP contribution in [0.2, 0.25) is 0 Å². The van der Waals surface area contributed by atoms with E-state index in [9.17, 15) is 0 Å². The normalized spacial score (nSPS) is 10.2. The first-order valence-electron chi connectivity index (χ1n) is 3.33. The van der Waals surface area contributed by atoms with Crippen LogP contribution in [0, 0.1) is 6.92 Å². The van der Waals surface area contributed by atoms with Gasteiger partial charge in [0.2, 0.25) is 0 Å². The minimum atomic E-state index is -4.64. The van der Waals surface area contributed by atoms with Crippen molar-refractivity contribution in [2.75, 3.05) is 0 Å². The second-order valence-electron chi connectivity index (χ2n) is 2.35. The standard InChI is InChI=1S/C7H8O.H3O4P/c1-6-2-4-7(8)5-3-6;1-5(2,3)4/h2-5,8H,1H3;(H3,1,2,3,4). The topological polar surface area (TPSA) is 98.0 Å². The molecule has 0 fully saturated rings. The van der Waals surface area contributed by atoms with E-state index in [1.807, 2.05) is 19.1 Å². The van der Waals surface area contributed by atoms with Gasteiger partial charge in [0.25, 0.3) is 0 Å². The molecule has 4 N–H and O–H groups in total. The van der Waals surface area contributed by atoms with Gasteiger partial charge in [-0.1, -0.05) is 17.7 Å². The first-order valence-corrected chi connectivity index (χ1v) is 4.89. The van der Waals surface area contributed by atoms with Crippen LogP contribution >= 0.6 is 7.82 Å². The zero-order valence-electron chi connectivity index (χ0n) is 6.95. The summed E-state index contributed by atoms with van der Waals surface area (Å²) >= 11 is 0. The number of hydrogen-bond donors (Lipinski definition) is 4. The van der Waals surface area contributed by atoms with Crippen LogP contribution in [0.4, 0.5) is 0 Å². The molecule has 1 aromatic carbocycles. The molecule has 1 aromatic rings. The summed E-state index contributed by atoms with van der Waals surface area (Å²) in [7, 11) is -4.64. The Morgan fingerprint density at radius 2 is 1.38 bits per heavy atom. The number of rotatable bonds is 0. The van der Waals surface area contributed by atoms with Gasteiger partial charge >= 0.3 is 7.82 Å². The second kappa shape index (κ2) is 4.99. The van der Waals surface area contributed by atoms with Crippen molar-refractivity contribution in [3.63, 3.8) is 0 Å². The van der Waals surface area contributed by atoms with Crippen LogP contribution < -0.4 is 0 Å². The van der Waals surface area contributed by atoms with E-state index in [4.69, 9.17) is 24.4 Å². The molecule has 0 bridgehead atoms. The number of hydrogen-bond acceptors (Lipinski definition) is 2. The summed E-state index contributed by atoms with van der Waals surface area (Å²) in [6.45, 7) is 1.99. The van der Waals surface area contributed by atoms with E-state index < -0.39 is 7.82 Å². The Bertz CT molecular complexity index is 259. The molecule has 0 spiro atoms. The Morgan fingerprint density at radius 3 is 1.62 bits per heavy atom. The molecule has 0 radical (unpaired) electrons. The van der Waals surface area contributed by atoms with Gasteiger partial charge in [0, 0.05) is 0 Å². The van der Waals surface area contributed by atoms with E-state index >= 15 is 0 Å². The molecule has 1 rings (SSSR count). The highest BCUT2D eigenvalue weighted by molar-refractivity contribution is 7.45. The highest BCUT2D eigenvalue weighted by Crippen LogP contribution is 2.25. The van der Waals surface area contributed by atoms with Crippen LogP contribution in [0.15, 0.2) is 24.3 Å². The molecule has 0 saturated heterocycles. The SMILES string of the molecule is Cc1ccc(O)cc1.O=P(O)(O)O. The molecule has 0 aliphatic rings. The average Bonchev–Trinajstić information content (AvgIpc) is 1.92. The number of aryl methyl sites for hydroxylation is 1. The molecule has 13 heavy (non-hydrogen) atoms. The largest absolute Gasteiger partial charge is 0.508 e. The Morgan fingerprint density at radius 1 is 1.08 bits per heavy atom. The maximum Gasteiger partial charge on any atom is 0.466 e. The molecule has 0 aromatic heterocycles. The fourth-order valence-electron chi connectivity index (χ4n) is 0.545. The molecule has 0 aliphatic carbocycles. The maximum atomic E-state index is 8.88. The van der Waals surface area contributed by atoms with Gasteiger partial charge < -0.3 is 19.8 Å². The lowest BCUT2D eigenvalue weighted by Crippen LogP contribution is -1.66. The van der Waals surface area contributed by atoms with E-state index in [2.05, 4.69) is 0 Å². The van der Waals surface area contributed by atoms with Crippen LogP contribution in [0.25, 0.3) is 0 Å². The fourth-order valence-corrected chi connectivity index (χ4v) is 0.545. The van der Waals surface area contributed by atoms with Crippen molar-refractivity contribution in [2.24, 2.45) is 0 Å². The lowest BCUT2D eigenvalue weighted by molar-refractivity contribution is 0.275. The molecular weight excluding hydrogens is 195 g/mol. The average molecular weight is 206 g/mol.